The zero-order valence-electron chi connectivity index (χ0n) is 18.8. The minimum absolute atomic E-state index is 0.0180. The van der Waals surface area contributed by atoms with Gasteiger partial charge in [0.25, 0.3) is 5.91 Å². The van der Waals surface area contributed by atoms with Gasteiger partial charge >= 0.3 is 0 Å². The highest BCUT2D eigenvalue weighted by molar-refractivity contribution is 5.97. The minimum atomic E-state index is -0.509. The molecule has 4 aromatic rings. The van der Waals surface area contributed by atoms with Crippen LogP contribution in [0.3, 0.4) is 0 Å². The second-order valence-electron chi connectivity index (χ2n) is 8.39. The van der Waals surface area contributed by atoms with E-state index in [0.29, 0.717) is 29.4 Å². The Bertz CT molecular complexity index is 1320. The van der Waals surface area contributed by atoms with Gasteiger partial charge < -0.3 is 9.84 Å². The molecule has 5 rings (SSSR count). The van der Waals surface area contributed by atoms with Crippen LogP contribution < -0.4 is 4.74 Å². The first-order chi connectivity index (χ1) is 16.7. The Balaban J connectivity index is 1.39. The number of hydrogen-bond donors (Lipinski definition) is 1. The number of carbonyl (C=O) groups excluding carboxylic acids is 1. The fraction of sp³-hybridized carbons (Fsp3) is 0.222. The van der Waals surface area contributed by atoms with Crippen molar-refractivity contribution in [2.45, 2.75) is 25.9 Å². The van der Waals surface area contributed by atoms with Crippen LogP contribution in [0.25, 0.3) is 10.9 Å². The van der Waals surface area contributed by atoms with Gasteiger partial charge in [-0.1, -0.05) is 48.9 Å². The third-order valence-electron chi connectivity index (χ3n) is 6.01. The summed E-state index contributed by atoms with van der Waals surface area (Å²) in [7, 11) is 0. The summed E-state index contributed by atoms with van der Waals surface area (Å²) in [6.07, 6.45) is 3.57. The summed E-state index contributed by atoms with van der Waals surface area (Å²) < 4.78 is 7.65. The van der Waals surface area contributed by atoms with Crippen molar-refractivity contribution >= 4 is 22.5 Å². The van der Waals surface area contributed by atoms with Crippen molar-refractivity contribution in [1.29, 1.82) is 0 Å². The van der Waals surface area contributed by atoms with Crippen molar-refractivity contribution in [1.82, 2.24) is 9.47 Å². The molecule has 1 fully saturated rings. The van der Waals surface area contributed by atoms with Crippen molar-refractivity contribution in [3.05, 3.63) is 84.4 Å². The molecule has 1 saturated heterocycles. The zero-order chi connectivity index (χ0) is 23.3. The molecule has 0 atom stereocenters. The minimum Gasteiger partial charge on any atom is -0.493 e. The van der Waals surface area contributed by atoms with E-state index in [1.165, 1.54) is 6.42 Å². The Morgan fingerprint density at radius 3 is 2.44 bits per heavy atom. The predicted molar refractivity (Wildman–Crippen MR) is 131 cm³/mol. The van der Waals surface area contributed by atoms with E-state index in [1.54, 1.807) is 24.3 Å². The van der Waals surface area contributed by atoms with E-state index < -0.39 is 5.91 Å². The van der Waals surface area contributed by atoms with Crippen LogP contribution in [0.15, 0.2) is 89.1 Å². The Kier molecular flexibility index (Phi) is 6.35. The van der Waals surface area contributed by atoms with Crippen LogP contribution in [0.4, 0.5) is 5.69 Å². The number of fused-ring (bicyclic) bond motifs is 1. The van der Waals surface area contributed by atoms with E-state index in [2.05, 4.69) is 15.1 Å². The number of benzene rings is 3. The number of nitrogens with zero attached hydrogens (tertiary/aromatic N) is 4. The van der Waals surface area contributed by atoms with Crippen LogP contribution in [0.5, 0.6) is 17.4 Å². The normalized spacial score (nSPS) is 14.6. The molecule has 7 nitrogen and oxygen atoms in total. The summed E-state index contributed by atoms with van der Waals surface area (Å²) in [5.41, 5.74) is 1.52. The SMILES string of the molecule is O=C(N=Nc1c(O)n(CN2CCCCC2)c2ccccc12)c1cccc(Oc2ccccc2)c1. The number of likely N-dealkylation sites (tertiary alicyclic amines) is 1. The number of rotatable bonds is 6. The second-order valence-corrected chi connectivity index (χ2v) is 8.39. The van der Waals surface area contributed by atoms with Gasteiger partial charge in [-0.05, 0) is 62.3 Å². The maximum absolute atomic E-state index is 12.8. The number of amides is 1. The first kappa shape index (κ1) is 21.9. The first-order valence-electron chi connectivity index (χ1n) is 11.5. The van der Waals surface area contributed by atoms with E-state index in [1.807, 2.05) is 59.2 Å². The quantitative estimate of drug-likeness (QED) is 0.337. The second kappa shape index (κ2) is 9.89. The molecule has 7 heteroatoms. The third-order valence-corrected chi connectivity index (χ3v) is 6.01. The number of para-hydroxylation sites is 2. The number of piperidine rings is 1. The number of carbonyl (C=O) groups is 1. The van der Waals surface area contributed by atoms with Crippen LogP contribution in [-0.2, 0) is 6.67 Å². The lowest BCUT2D eigenvalue weighted by Gasteiger charge is -2.27. The molecule has 1 aliphatic rings. The summed E-state index contributed by atoms with van der Waals surface area (Å²) >= 11 is 0. The highest BCUT2D eigenvalue weighted by Crippen LogP contribution is 2.39. The van der Waals surface area contributed by atoms with E-state index >= 15 is 0 Å². The molecule has 34 heavy (non-hydrogen) atoms. The van der Waals surface area contributed by atoms with Crippen molar-refractivity contribution in [3.63, 3.8) is 0 Å². The highest BCUT2D eigenvalue weighted by Gasteiger charge is 2.20. The molecule has 0 aliphatic carbocycles. The third kappa shape index (κ3) is 4.70. The topological polar surface area (TPSA) is 79.4 Å². The number of azo groups is 1. The van der Waals surface area contributed by atoms with Gasteiger partial charge in [-0.3, -0.25) is 14.3 Å². The summed E-state index contributed by atoms with van der Waals surface area (Å²) in [6, 6.07) is 23.8. The van der Waals surface area contributed by atoms with Gasteiger partial charge in [0, 0.05) is 10.9 Å². The largest absolute Gasteiger partial charge is 0.493 e. The Hall–Kier alpha value is -3.97. The molecule has 3 aromatic carbocycles. The van der Waals surface area contributed by atoms with E-state index in [9.17, 15) is 9.90 Å². The lowest BCUT2D eigenvalue weighted by atomic mass is 10.1. The summed E-state index contributed by atoms with van der Waals surface area (Å²) in [5, 5.41) is 19.9. The van der Waals surface area contributed by atoms with Gasteiger partial charge in [-0.25, -0.2) is 0 Å². The molecule has 2 heterocycles. The van der Waals surface area contributed by atoms with Gasteiger partial charge in [0.15, 0.2) is 5.69 Å². The van der Waals surface area contributed by atoms with Crippen molar-refractivity contribution in [2.75, 3.05) is 13.1 Å². The van der Waals surface area contributed by atoms with E-state index in [-0.39, 0.29) is 5.88 Å². The monoisotopic (exact) mass is 454 g/mol. The van der Waals surface area contributed by atoms with Crippen molar-refractivity contribution in [3.8, 4) is 17.4 Å². The molecule has 0 saturated carbocycles. The van der Waals surface area contributed by atoms with Crippen molar-refractivity contribution in [2.24, 2.45) is 10.2 Å². The Labute approximate surface area is 197 Å². The number of ether oxygens (including phenoxy) is 1. The van der Waals surface area contributed by atoms with Crippen LogP contribution in [0.1, 0.15) is 29.6 Å². The smallest absolute Gasteiger partial charge is 0.295 e. The zero-order valence-corrected chi connectivity index (χ0v) is 18.8. The molecule has 172 valence electrons. The van der Waals surface area contributed by atoms with Gasteiger partial charge in [0.2, 0.25) is 5.88 Å². The summed E-state index contributed by atoms with van der Waals surface area (Å²) in [6.45, 7) is 2.58. The Morgan fingerprint density at radius 2 is 1.62 bits per heavy atom. The molecular weight excluding hydrogens is 428 g/mol. The molecule has 1 aromatic heterocycles. The number of hydrogen-bond acceptors (Lipinski definition) is 5. The van der Waals surface area contributed by atoms with Gasteiger partial charge in [0.1, 0.15) is 11.5 Å². The van der Waals surface area contributed by atoms with Crippen LogP contribution in [0.2, 0.25) is 0 Å². The maximum Gasteiger partial charge on any atom is 0.295 e. The standard InChI is InChI=1S/C27H26N4O3/c32-26(20-10-9-13-22(18-20)34-21-11-3-1-4-12-21)29-28-25-23-14-5-6-15-24(23)31(27(25)33)19-30-16-7-2-8-17-30/h1,3-6,9-15,18,33H,2,7-8,16-17,19H2. The fourth-order valence-electron chi connectivity index (χ4n) is 4.28. The number of aromatic hydroxyl groups is 1. The van der Waals surface area contributed by atoms with Gasteiger partial charge in [0.05, 0.1) is 12.2 Å². The maximum atomic E-state index is 12.8. The highest BCUT2D eigenvalue weighted by atomic mass is 16.5. The molecule has 1 amide bonds. The first-order valence-corrected chi connectivity index (χ1v) is 11.5. The van der Waals surface area contributed by atoms with Gasteiger partial charge in [-0.2, -0.15) is 0 Å². The van der Waals surface area contributed by atoms with Crippen LogP contribution in [0, 0.1) is 0 Å². The van der Waals surface area contributed by atoms with E-state index in [4.69, 9.17) is 4.74 Å². The van der Waals surface area contributed by atoms with Crippen LogP contribution in [-0.4, -0.2) is 33.6 Å². The molecule has 0 spiro atoms. The lowest BCUT2D eigenvalue weighted by Crippen LogP contribution is -2.31. The average molecular weight is 455 g/mol. The lowest BCUT2D eigenvalue weighted by molar-refractivity contribution is 0.0994. The van der Waals surface area contributed by atoms with Gasteiger partial charge in [-0.15, -0.1) is 10.2 Å². The fourth-order valence-corrected chi connectivity index (χ4v) is 4.28. The summed E-state index contributed by atoms with van der Waals surface area (Å²) in [4.78, 5) is 15.1. The predicted octanol–water partition coefficient (Wildman–Crippen LogP) is 6.51. The molecule has 1 aliphatic heterocycles. The van der Waals surface area contributed by atoms with E-state index in [0.717, 1.165) is 36.8 Å². The Morgan fingerprint density at radius 1 is 0.882 bits per heavy atom. The molecule has 0 bridgehead atoms. The van der Waals surface area contributed by atoms with Crippen molar-refractivity contribution < 1.29 is 14.6 Å². The molecule has 0 unspecified atom stereocenters. The average Bonchev–Trinajstić information content (AvgIpc) is 3.14. The molecule has 0 radical (unpaired) electrons. The molecule has 1 N–H and O–H groups in total. The van der Waals surface area contributed by atoms with Crippen LogP contribution >= 0.6 is 0 Å². The molecular formula is C27H26N4O3. The summed E-state index contributed by atoms with van der Waals surface area (Å²) in [5.74, 6) is 0.726. The number of aromatic nitrogens is 1.